The molecule has 0 saturated heterocycles. The van der Waals surface area contributed by atoms with E-state index in [4.69, 9.17) is 10.3 Å². The summed E-state index contributed by atoms with van der Waals surface area (Å²) in [6, 6.07) is 6.17. The van der Waals surface area contributed by atoms with Gasteiger partial charge in [-0.3, -0.25) is 19.6 Å². The van der Waals surface area contributed by atoms with Crippen molar-refractivity contribution in [2.45, 2.75) is 18.9 Å². The largest absolute Gasteiger partial charge is 0.395 e. The summed E-state index contributed by atoms with van der Waals surface area (Å²) in [4.78, 5) is 35.8. The van der Waals surface area contributed by atoms with E-state index in [0.717, 1.165) is 0 Å². The average Bonchev–Trinajstić information content (AvgIpc) is 2.60. The number of carbonyl (C=O) groups excluding carboxylic acids is 3. The van der Waals surface area contributed by atoms with E-state index in [1.165, 1.54) is 31.6 Å². The van der Waals surface area contributed by atoms with Gasteiger partial charge in [0.05, 0.1) is 6.61 Å². The summed E-state index contributed by atoms with van der Waals surface area (Å²) in [6.45, 7) is 1.14. The molecule has 128 valence electrons. The number of amides is 3. The highest BCUT2D eigenvalue weighted by Crippen LogP contribution is 2.09. The molecule has 0 aliphatic carbocycles. The van der Waals surface area contributed by atoms with Crippen LogP contribution in [-0.4, -0.2) is 47.2 Å². The fraction of sp³-hybridized carbons (Fsp3) is 0.312. The van der Waals surface area contributed by atoms with E-state index in [2.05, 4.69) is 22.5 Å². The van der Waals surface area contributed by atoms with E-state index in [-0.39, 0.29) is 12.2 Å². The Balaban J connectivity index is 2.95. The highest BCUT2D eigenvalue weighted by atomic mass is 16.5. The first-order valence-electron chi connectivity index (χ1n) is 7.08. The molecule has 1 atom stereocenters. The monoisotopic (exact) mass is 333 g/mol. The first kappa shape index (κ1) is 19.2. The molecule has 8 heteroatoms. The molecule has 1 unspecified atom stereocenters. The zero-order valence-electron chi connectivity index (χ0n) is 13.3. The second-order valence-electron chi connectivity index (χ2n) is 4.95. The number of benzene rings is 1. The van der Waals surface area contributed by atoms with Crippen molar-refractivity contribution in [1.29, 1.82) is 0 Å². The Kier molecular flexibility index (Phi) is 6.92. The Morgan fingerprint density at radius 1 is 1.17 bits per heavy atom. The van der Waals surface area contributed by atoms with Gasteiger partial charge >= 0.3 is 0 Å². The summed E-state index contributed by atoms with van der Waals surface area (Å²) < 4.78 is 0. The molecule has 8 nitrogen and oxygen atoms in total. The third-order valence-electron chi connectivity index (χ3n) is 3.22. The lowest BCUT2D eigenvalue weighted by molar-refractivity contribution is -0.143. The summed E-state index contributed by atoms with van der Waals surface area (Å²) in [5.41, 5.74) is 0.257. The number of hydrogen-bond acceptors (Lipinski definition) is 5. The van der Waals surface area contributed by atoms with Crippen molar-refractivity contribution in [2.24, 2.45) is 0 Å². The maximum Gasteiger partial charge on any atom is 0.278 e. The van der Waals surface area contributed by atoms with Crippen molar-refractivity contribution >= 4 is 17.7 Å². The van der Waals surface area contributed by atoms with Crippen LogP contribution in [0.25, 0.3) is 0 Å². The summed E-state index contributed by atoms with van der Waals surface area (Å²) >= 11 is 0. The van der Waals surface area contributed by atoms with Gasteiger partial charge < -0.3 is 15.7 Å². The van der Waals surface area contributed by atoms with Crippen LogP contribution in [0.3, 0.4) is 0 Å². The number of nitrogens with one attached hydrogen (secondary N) is 3. The zero-order chi connectivity index (χ0) is 18.2. The Morgan fingerprint density at radius 3 is 2.29 bits per heavy atom. The van der Waals surface area contributed by atoms with Gasteiger partial charge in [0.15, 0.2) is 5.54 Å². The highest BCUT2D eigenvalue weighted by molar-refractivity contribution is 6.12. The van der Waals surface area contributed by atoms with E-state index in [0.29, 0.717) is 12.0 Å². The standard InChI is InChI=1S/C16H19N3O5/c1-16(14(22)17-2,15(23)19-24)18-13(21)12-8-6-11(7-9-12)5-3-4-10-20/h6-9,20,24H,4,10H2,1-2H3,(H,17,22)(H,18,21)(H,19,23). The minimum atomic E-state index is -1.97. The second kappa shape index (κ2) is 8.67. The molecule has 1 aromatic rings. The molecule has 0 saturated carbocycles. The maximum atomic E-state index is 12.3. The smallest absolute Gasteiger partial charge is 0.278 e. The highest BCUT2D eigenvalue weighted by Gasteiger charge is 2.42. The molecule has 0 aromatic heterocycles. The summed E-state index contributed by atoms with van der Waals surface area (Å²) in [5.74, 6) is 3.04. The van der Waals surface area contributed by atoms with Crippen molar-refractivity contribution in [3.05, 3.63) is 35.4 Å². The SMILES string of the molecule is CNC(=O)C(C)(NC(=O)c1ccc(C#CCCO)cc1)C(=O)NO. The van der Waals surface area contributed by atoms with Gasteiger partial charge in [0.25, 0.3) is 17.7 Å². The van der Waals surface area contributed by atoms with Gasteiger partial charge in [-0.2, -0.15) is 0 Å². The Morgan fingerprint density at radius 2 is 1.79 bits per heavy atom. The number of likely N-dealkylation sites (N-methyl/N-ethyl adjacent to an activating group) is 1. The van der Waals surface area contributed by atoms with Crippen LogP contribution < -0.4 is 16.1 Å². The zero-order valence-corrected chi connectivity index (χ0v) is 13.3. The van der Waals surface area contributed by atoms with E-state index >= 15 is 0 Å². The molecule has 3 amide bonds. The molecule has 24 heavy (non-hydrogen) atoms. The fourth-order valence-electron chi connectivity index (χ4n) is 1.80. The third-order valence-corrected chi connectivity index (χ3v) is 3.22. The minimum Gasteiger partial charge on any atom is -0.395 e. The normalized spacial score (nSPS) is 12.2. The molecule has 5 N–H and O–H groups in total. The molecule has 0 spiro atoms. The summed E-state index contributed by atoms with van der Waals surface area (Å²) in [6.07, 6.45) is 0.350. The van der Waals surface area contributed by atoms with Crippen molar-refractivity contribution in [1.82, 2.24) is 16.1 Å². The first-order chi connectivity index (χ1) is 11.4. The van der Waals surface area contributed by atoms with Crippen molar-refractivity contribution in [3.63, 3.8) is 0 Å². The molecule has 1 rings (SSSR count). The van der Waals surface area contributed by atoms with Crippen LogP contribution in [0.15, 0.2) is 24.3 Å². The van der Waals surface area contributed by atoms with Crippen LogP contribution in [0.4, 0.5) is 0 Å². The topological polar surface area (TPSA) is 128 Å². The van der Waals surface area contributed by atoms with Gasteiger partial charge in [0.2, 0.25) is 0 Å². The maximum absolute atomic E-state index is 12.3. The van der Waals surface area contributed by atoms with Crippen molar-refractivity contribution in [2.75, 3.05) is 13.7 Å². The van der Waals surface area contributed by atoms with E-state index in [1.807, 2.05) is 0 Å². The summed E-state index contributed by atoms with van der Waals surface area (Å²) in [7, 11) is 1.30. The molecule has 1 aromatic carbocycles. The fourth-order valence-corrected chi connectivity index (χ4v) is 1.80. The number of rotatable bonds is 5. The van der Waals surface area contributed by atoms with Gasteiger partial charge in [-0.1, -0.05) is 11.8 Å². The van der Waals surface area contributed by atoms with Gasteiger partial charge in [0.1, 0.15) is 0 Å². The van der Waals surface area contributed by atoms with Crippen LogP contribution in [-0.2, 0) is 9.59 Å². The number of hydroxylamine groups is 1. The average molecular weight is 333 g/mol. The Bertz CT molecular complexity index is 657. The number of aliphatic hydroxyl groups excluding tert-OH is 1. The molecule has 0 bridgehead atoms. The lowest BCUT2D eigenvalue weighted by atomic mass is 9.99. The van der Waals surface area contributed by atoms with Gasteiger partial charge in [-0.25, -0.2) is 5.48 Å². The second-order valence-corrected chi connectivity index (χ2v) is 4.95. The third kappa shape index (κ3) is 4.55. The molecule has 0 radical (unpaired) electrons. The Labute approximate surface area is 139 Å². The number of hydrogen-bond donors (Lipinski definition) is 5. The molecule has 0 fully saturated rings. The minimum absolute atomic E-state index is 0.0293. The van der Waals surface area contributed by atoms with Crippen LogP contribution >= 0.6 is 0 Å². The van der Waals surface area contributed by atoms with Crippen molar-refractivity contribution in [3.8, 4) is 11.8 Å². The molecule has 0 aliphatic heterocycles. The van der Waals surface area contributed by atoms with Crippen LogP contribution in [0.5, 0.6) is 0 Å². The predicted molar refractivity (Wildman–Crippen MR) is 84.9 cm³/mol. The quantitative estimate of drug-likeness (QED) is 0.208. The molecule has 0 aliphatic rings. The van der Waals surface area contributed by atoms with E-state index in [9.17, 15) is 14.4 Å². The van der Waals surface area contributed by atoms with Crippen LogP contribution in [0, 0.1) is 11.8 Å². The first-order valence-corrected chi connectivity index (χ1v) is 7.08. The molecule has 0 heterocycles. The number of aliphatic hydroxyl groups is 1. The summed E-state index contributed by atoms with van der Waals surface area (Å²) in [5, 5.41) is 22.0. The van der Waals surface area contributed by atoms with E-state index in [1.54, 1.807) is 12.1 Å². The predicted octanol–water partition coefficient (Wildman–Crippen LogP) is -0.840. The Hall–Kier alpha value is -2.89. The lowest BCUT2D eigenvalue weighted by Crippen LogP contribution is -2.64. The van der Waals surface area contributed by atoms with Crippen LogP contribution in [0.1, 0.15) is 29.3 Å². The van der Waals surface area contributed by atoms with E-state index < -0.39 is 23.3 Å². The number of carbonyl (C=O) groups is 3. The molecular formula is C16H19N3O5. The lowest BCUT2D eigenvalue weighted by Gasteiger charge is -2.26. The van der Waals surface area contributed by atoms with Gasteiger partial charge in [-0.05, 0) is 31.2 Å². The molecular weight excluding hydrogens is 314 g/mol. The van der Waals surface area contributed by atoms with Gasteiger partial charge in [0, 0.05) is 24.6 Å². The van der Waals surface area contributed by atoms with Crippen molar-refractivity contribution < 1.29 is 24.7 Å². The van der Waals surface area contributed by atoms with Gasteiger partial charge in [-0.15, -0.1) is 0 Å². The van der Waals surface area contributed by atoms with Crippen LogP contribution in [0.2, 0.25) is 0 Å².